The summed E-state index contributed by atoms with van der Waals surface area (Å²) in [4.78, 5) is 13.0. The number of piperidine rings is 1. The van der Waals surface area contributed by atoms with Gasteiger partial charge in [-0.3, -0.25) is 9.69 Å². The molecule has 0 atom stereocenters. The minimum absolute atomic E-state index is 0.299. The highest BCUT2D eigenvalue weighted by molar-refractivity contribution is 9.10. The summed E-state index contributed by atoms with van der Waals surface area (Å²) in [6.45, 7) is 2.99. The second-order valence-electron chi connectivity index (χ2n) is 5.40. The summed E-state index contributed by atoms with van der Waals surface area (Å²) in [6.07, 6.45) is 3.30. The summed E-state index contributed by atoms with van der Waals surface area (Å²) in [5, 5.41) is 9.46. The molecule has 1 aliphatic heterocycles. The van der Waals surface area contributed by atoms with E-state index in [0.717, 1.165) is 48.4 Å². The molecule has 0 radical (unpaired) electrons. The first-order valence-corrected chi connectivity index (χ1v) is 8.10. The van der Waals surface area contributed by atoms with Crippen molar-refractivity contribution in [1.82, 2.24) is 4.90 Å². The van der Waals surface area contributed by atoms with Gasteiger partial charge in [-0.25, -0.2) is 0 Å². The smallest absolute Gasteiger partial charge is 0.303 e. The zero-order chi connectivity index (χ0) is 14.5. The molecule has 110 valence electrons. The maximum Gasteiger partial charge on any atom is 0.303 e. The molecule has 0 amide bonds. The van der Waals surface area contributed by atoms with Crippen LogP contribution in [0.15, 0.2) is 22.7 Å². The first-order valence-electron chi connectivity index (χ1n) is 6.92. The minimum atomic E-state index is -0.683. The van der Waals surface area contributed by atoms with Crippen LogP contribution in [0.1, 0.15) is 31.2 Å². The second-order valence-corrected chi connectivity index (χ2v) is 6.66. The molecule has 1 fully saturated rings. The molecule has 3 nitrogen and oxygen atoms in total. The third kappa shape index (κ3) is 4.76. The lowest BCUT2D eigenvalue weighted by atomic mass is 9.92. The Morgan fingerprint density at radius 3 is 2.70 bits per heavy atom. The lowest BCUT2D eigenvalue weighted by molar-refractivity contribution is -0.137. The van der Waals surface area contributed by atoms with Gasteiger partial charge >= 0.3 is 5.97 Å². The number of carboxylic acid groups (broad SMARTS) is 1. The first kappa shape index (κ1) is 15.8. The van der Waals surface area contributed by atoms with Crippen LogP contribution in [0, 0.1) is 5.92 Å². The van der Waals surface area contributed by atoms with E-state index >= 15 is 0 Å². The molecule has 1 heterocycles. The van der Waals surface area contributed by atoms with Gasteiger partial charge in [0.25, 0.3) is 0 Å². The van der Waals surface area contributed by atoms with E-state index in [9.17, 15) is 4.79 Å². The SMILES string of the molecule is O=C(O)CCC1CCN(Cc2ccc(Br)c(Cl)c2)CC1. The first-order chi connectivity index (χ1) is 9.54. The van der Waals surface area contributed by atoms with E-state index in [1.807, 2.05) is 12.1 Å². The van der Waals surface area contributed by atoms with E-state index in [4.69, 9.17) is 16.7 Å². The van der Waals surface area contributed by atoms with Gasteiger partial charge in [0.15, 0.2) is 0 Å². The van der Waals surface area contributed by atoms with Crippen LogP contribution in [0.25, 0.3) is 0 Å². The third-order valence-corrected chi connectivity index (χ3v) is 5.10. The molecule has 0 bridgehead atoms. The Bertz CT molecular complexity index is 473. The average Bonchev–Trinajstić information content (AvgIpc) is 2.42. The molecule has 2 rings (SSSR count). The van der Waals surface area contributed by atoms with Crippen molar-refractivity contribution >= 4 is 33.5 Å². The van der Waals surface area contributed by atoms with E-state index in [2.05, 4.69) is 26.9 Å². The van der Waals surface area contributed by atoms with Crippen molar-refractivity contribution in [2.24, 2.45) is 5.92 Å². The van der Waals surface area contributed by atoms with Crippen LogP contribution >= 0.6 is 27.5 Å². The average molecular weight is 361 g/mol. The summed E-state index contributed by atoms with van der Waals surface area (Å²) in [5.41, 5.74) is 1.22. The molecule has 5 heteroatoms. The quantitative estimate of drug-likeness (QED) is 0.856. The van der Waals surface area contributed by atoms with Gasteiger partial charge in [0, 0.05) is 17.4 Å². The number of benzene rings is 1. The number of hydrogen-bond acceptors (Lipinski definition) is 2. The van der Waals surface area contributed by atoms with Crippen LogP contribution in [-0.2, 0) is 11.3 Å². The van der Waals surface area contributed by atoms with Gasteiger partial charge < -0.3 is 5.11 Å². The summed E-state index contributed by atoms with van der Waals surface area (Å²) < 4.78 is 0.926. The molecule has 1 aromatic carbocycles. The Kier molecular flexibility index (Phi) is 5.87. The van der Waals surface area contributed by atoms with E-state index in [1.54, 1.807) is 0 Å². The number of halogens is 2. The van der Waals surface area contributed by atoms with Crippen molar-refractivity contribution in [3.05, 3.63) is 33.3 Å². The van der Waals surface area contributed by atoms with Crippen LogP contribution in [0.3, 0.4) is 0 Å². The predicted molar refractivity (Wildman–Crippen MR) is 84.0 cm³/mol. The zero-order valence-corrected chi connectivity index (χ0v) is 13.7. The summed E-state index contributed by atoms with van der Waals surface area (Å²) in [5.74, 6) is -0.118. The molecule has 0 saturated carbocycles. The van der Waals surface area contributed by atoms with Crippen molar-refractivity contribution in [1.29, 1.82) is 0 Å². The Labute approximate surface area is 133 Å². The lowest BCUT2D eigenvalue weighted by Gasteiger charge is -2.31. The Morgan fingerprint density at radius 2 is 2.10 bits per heavy atom. The zero-order valence-electron chi connectivity index (χ0n) is 11.3. The van der Waals surface area contributed by atoms with Gasteiger partial charge in [-0.05, 0) is 71.9 Å². The fourth-order valence-electron chi connectivity index (χ4n) is 2.66. The topological polar surface area (TPSA) is 40.5 Å². The molecular formula is C15H19BrClNO2. The summed E-state index contributed by atoms with van der Waals surface area (Å²) in [7, 11) is 0. The molecule has 1 saturated heterocycles. The molecule has 1 aliphatic rings. The van der Waals surface area contributed by atoms with E-state index < -0.39 is 5.97 Å². The van der Waals surface area contributed by atoms with E-state index in [-0.39, 0.29) is 0 Å². The lowest BCUT2D eigenvalue weighted by Crippen LogP contribution is -2.33. The van der Waals surface area contributed by atoms with Gasteiger partial charge in [-0.15, -0.1) is 0 Å². The fourth-order valence-corrected chi connectivity index (χ4v) is 3.11. The molecule has 1 aromatic rings. The number of aliphatic carboxylic acids is 1. The largest absolute Gasteiger partial charge is 0.481 e. The number of rotatable bonds is 5. The molecule has 0 spiro atoms. The molecule has 1 N–H and O–H groups in total. The predicted octanol–water partition coefficient (Wildman–Crippen LogP) is 4.18. The highest BCUT2D eigenvalue weighted by Crippen LogP contribution is 2.26. The van der Waals surface area contributed by atoms with Crippen molar-refractivity contribution < 1.29 is 9.90 Å². The molecule has 0 aliphatic carbocycles. The monoisotopic (exact) mass is 359 g/mol. The van der Waals surface area contributed by atoms with Crippen LogP contribution in [0.4, 0.5) is 0 Å². The Balaban J connectivity index is 1.79. The molecule has 20 heavy (non-hydrogen) atoms. The number of hydrogen-bond donors (Lipinski definition) is 1. The van der Waals surface area contributed by atoms with E-state index in [1.165, 1.54) is 5.56 Å². The standard InChI is InChI=1S/C15H19BrClNO2/c16-13-3-1-12(9-14(13)17)10-18-7-5-11(6-8-18)2-4-15(19)20/h1,3,9,11H,2,4-8,10H2,(H,19,20). The van der Waals surface area contributed by atoms with Gasteiger partial charge in [-0.2, -0.15) is 0 Å². The summed E-state index contributed by atoms with van der Waals surface area (Å²) in [6, 6.07) is 6.08. The number of carbonyl (C=O) groups is 1. The Hall–Kier alpha value is -0.580. The second kappa shape index (κ2) is 7.43. The number of carboxylic acids is 1. The highest BCUT2D eigenvalue weighted by Gasteiger charge is 2.19. The van der Waals surface area contributed by atoms with Crippen molar-refractivity contribution in [3.63, 3.8) is 0 Å². The van der Waals surface area contributed by atoms with Gasteiger partial charge in [0.1, 0.15) is 0 Å². The third-order valence-electron chi connectivity index (χ3n) is 3.86. The van der Waals surface area contributed by atoms with E-state index in [0.29, 0.717) is 12.3 Å². The summed E-state index contributed by atoms with van der Waals surface area (Å²) >= 11 is 9.50. The van der Waals surface area contributed by atoms with Crippen molar-refractivity contribution in [3.8, 4) is 0 Å². The Morgan fingerprint density at radius 1 is 1.40 bits per heavy atom. The normalized spacial score (nSPS) is 17.3. The van der Waals surface area contributed by atoms with Crippen molar-refractivity contribution in [2.75, 3.05) is 13.1 Å². The van der Waals surface area contributed by atoms with Gasteiger partial charge in [-0.1, -0.05) is 17.7 Å². The number of nitrogens with zero attached hydrogens (tertiary/aromatic N) is 1. The van der Waals surface area contributed by atoms with Crippen LogP contribution in [-0.4, -0.2) is 29.1 Å². The number of likely N-dealkylation sites (tertiary alicyclic amines) is 1. The van der Waals surface area contributed by atoms with Gasteiger partial charge in [0.2, 0.25) is 0 Å². The van der Waals surface area contributed by atoms with Crippen LogP contribution in [0.2, 0.25) is 5.02 Å². The molecular weight excluding hydrogens is 342 g/mol. The minimum Gasteiger partial charge on any atom is -0.481 e. The molecule has 0 aromatic heterocycles. The maximum absolute atomic E-state index is 10.6. The van der Waals surface area contributed by atoms with Gasteiger partial charge in [0.05, 0.1) is 5.02 Å². The highest BCUT2D eigenvalue weighted by atomic mass is 79.9. The van der Waals surface area contributed by atoms with Crippen LogP contribution in [0.5, 0.6) is 0 Å². The fraction of sp³-hybridized carbons (Fsp3) is 0.533. The molecule has 0 unspecified atom stereocenters. The van der Waals surface area contributed by atoms with Crippen LogP contribution < -0.4 is 0 Å². The van der Waals surface area contributed by atoms with Crippen molar-refractivity contribution in [2.45, 2.75) is 32.2 Å². The maximum atomic E-state index is 10.6.